The van der Waals surface area contributed by atoms with Crippen LogP contribution in [0.5, 0.6) is 0 Å². The van der Waals surface area contributed by atoms with Gasteiger partial charge in [0.25, 0.3) is 17.7 Å². The molecule has 0 bridgehead atoms. The molecule has 27 heteroatoms. The van der Waals surface area contributed by atoms with Crippen molar-refractivity contribution in [2.45, 2.75) is 99.9 Å². The van der Waals surface area contributed by atoms with Gasteiger partial charge >= 0.3 is 19.4 Å². The third-order valence-corrected chi connectivity index (χ3v) is 17.6. The van der Waals surface area contributed by atoms with Gasteiger partial charge in [-0.2, -0.15) is 13.9 Å². The van der Waals surface area contributed by atoms with Gasteiger partial charge in [-0.15, -0.1) is 11.3 Å². The minimum atomic E-state index is -5.95. The topological polar surface area (TPSA) is 322 Å². The lowest BCUT2D eigenvalue weighted by atomic mass is 9.98. The number of nitrogens with one attached hydrogen (secondary N) is 4. The number of aromatic nitrogens is 2. The van der Waals surface area contributed by atoms with Crippen LogP contribution in [-0.4, -0.2) is 138 Å². The molecule has 6 aromatic rings. The molecule has 0 radical (unpaired) electrons. The summed E-state index contributed by atoms with van der Waals surface area (Å²) in [6, 6.07) is 20.7. The number of halogens is 2. The Morgan fingerprint density at radius 3 is 2.34 bits per heavy atom. The number of fused-ring (bicyclic) bond motifs is 3. The number of nitrogens with zero attached hydrogens (tertiary/aromatic N) is 5. The Morgan fingerprint density at radius 2 is 1.64 bits per heavy atom. The molecule has 4 aromatic carbocycles. The SMILES string of the molecule is NC(=O)OCC(NC(=O)[C@@H]1CC[C@@H]2CCN(C(=O)c3cnn(CCCC#Cc4cccc5c4CN(C4CCC(=O)NC4=O)C5=O)c3)C[C@H](NC(=O)c3cc4cc(C(F)(F)P(=O)(O)O)ccc4s3)C(=O)N21)C(=O)NC(c1ccccc1)c1ccccc1. The molecule has 86 heavy (non-hydrogen) atoms. The zero-order chi connectivity index (χ0) is 61.0. The lowest BCUT2D eigenvalue weighted by molar-refractivity contribution is -0.144. The number of amides is 9. The zero-order valence-corrected chi connectivity index (χ0v) is 47.4. The number of benzene rings is 4. The van der Waals surface area contributed by atoms with Crippen molar-refractivity contribution in [2.24, 2.45) is 5.73 Å². The predicted octanol–water partition coefficient (Wildman–Crippen LogP) is 4.41. The highest BCUT2D eigenvalue weighted by Gasteiger charge is 2.51. The summed E-state index contributed by atoms with van der Waals surface area (Å²) in [5, 5.41) is 15.0. The number of primary amides is 1. The molecule has 0 saturated carbocycles. The van der Waals surface area contributed by atoms with Crippen LogP contribution >= 0.6 is 18.9 Å². The maximum atomic E-state index is 15.1. The van der Waals surface area contributed by atoms with E-state index in [1.807, 2.05) is 0 Å². The summed E-state index contributed by atoms with van der Waals surface area (Å²) in [5.74, 6) is 1.31. The Hall–Kier alpha value is -9.15. The molecule has 6 heterocycles. The number of carbonyl (C=O) groups is 9. The second kappa shape index (κ2) is 25.2. The Labute approximate surface area is 493 Å². The van der Waals surface area contributed by atoms with Crippen molar-refractivity contribution in [1.29, 1.82) is 0 Å². The largest absolute Gasteiger partial charge is 0.447 e. The highest BCUT2D eigenvalue weighted by molar-refractivity contribution is 7.52. The van der Waals surface area contributed by atoms with E-state index in [2.05, 4.69) is 38.2 Å². The highest BCUT2D eigenvalue weighted by atomic mass is 32.1. The molecule has 23 nitrogen and oxygen atoms in total. The van der Waals surface area contributed by atoms with E-state index >= 15 is 4.79 Å². The maximum absolute atomic E-state index is 15.1. The monoisotopic (exact) mass is 1210 g/mol. The molecule has 4 aliphatic heterocycles. The van der Waals surface area contributed by atoms with Gasteiger partial charge in [0.2, 0.25) is 29.5 Å². The van der Waals surface area contributed by atoms with E-state index in [1.54, 1.807) is 83.5 Å². The first-order chi connectivity index (χ1) is 41.1. The Morgan fingerprint density at radius 1 is 0.907 bits per heavy atom. The fourth-order valence-electron chi connectivity index (χ4n) is 11.1. The van der Waals surface area contributed by atoms with Crippen LogP contribution in [0.2, 0.25) is 0 Å². The van der Waals surface area contributed by atoms with Gasteiger partial charge in [0.15, 0.2) is 0 Å². The molecule has 2 unspecified atom stereocenters. The summed E-state index contributed by atoms with van der Waals surface area (Å²) in [7, 11) is -5.95. The van der Waals surface area contributed by atoms with Gasteiger partial charge < -0.3 is 50.9 Å². The summed E-state index contributed by atoms with van der Waals surface area (Å²) < 4.78 is 48.2. The van der Waals surface area contributed by atoms with Gasteiger partial charge in [-0.3, -0.25) is 52.9 Å². The molecule has 10 rings (SSSR count). The maximum Gasteiger partial charge on any atom is 0.404 e. The second-order valence-electron chi connectivity index (χ2n) is 21.1. The summed E-state index contributed by atoms with van der Waals surface area (Å²) in [6.45, 7) is -0.591. The molecule has 8 N–H and O–H groups in total. The number of piperidine rings is 1. The summed E-state index contributed by atoms with van der Waals surface area (Å²) >= 11 is 0.841. The standard InChI is InChI=1S/C59H57F2N10O13PS/c60-59(61,85(81,82)83)39-18-22-47-37(27-39)28-48(86-47)54(76)64-43-32-68(55(77)38-29-63-69(30-38)25-9-3-8-11-34-16-10-17-41-42(34)31-70(56(41)78)45-21-23-49(72)66-52(45)74)26-24-40-19-20-46(71(40)57(43)79)53(75)65-44(33-84-58(62)80)51(73)67-50(35-12-4-1-5-13-35)36-14-6-2-7-15-36/h1-2,4-7,10,12-18,22,27-30,40,43-46,50H,3,9,19-21,23-26,31-33H2,(H2,62,80)(H,64,76)(H,65,75)(H,67,73)(H,66,72,74)(H2,81,82,83)/t40-,43+,44?,45?,46+/m1/s1. The predicted molar refractivity (Wildman–Crippen MR) is 304 cm³/mol. The fraction of sp³-hybridized carbons (Fsp3) is 0.322. The minimum absolute atomic E-state index is 0.0200. The minimum Gasteiger partial charge on any atom is -0.447 e. The van der Waals surface area contributed by atoms with Crippen molar-refractivity contribution in [1.82, 2.24) is 45.7 Å². The molecule has 4 aliphatic rings. The van der Waals surface area contributed by atoms with Crippen LogP contribution < -0.4 is 27.0 Å². The average Bonchev–Trinajstić information content (AvgIpc) is 1.71. The molecule has 446 valence electrons. The molecule has 3 saturated heterocycles. The van der Waals surface area contributed by atoms with Crippen molar-refractivity contribution in [3.05, 3.63) is 159 Å². The third-order valence-electron chi connectivity index (χ3n) is 15.5. The van der Waals surface area contributed by atoms with Crippen molar-refractivity contribution in [3.63, 3.8) is 0 Å². The second-order valence-corrected chi connectivity index (χ2v) is 23.8. The highest BCUT2D eigenvalue weighted by Crippen LogP contribution is 2.59. The van der Waals surface area contributed by atoms with Crippen molar-refractivity contribution < 1.29 is 71.0 Å². The number of rotatable bonds is 17. The van der Waals surface area contributed by atoms with Gasteiger partial charge in [0.1, 0.15) is 30.8 Å². The number of thiophene rings is 1. The third kappa shape index (κ3) is 12.9. The van der Waals surface area contributed by atoms with Crippen molar-refractivity contribution in [2.75, 3.05) is 19.7 Å². The van der Waals surface area contributed by atoms with E-state index in [0.717, 1.165) is 23.5 Å². The van der Waals surface area contributed by atoms with Crippen LogP contribution in [-0.2, 0) is 52.0 Å². The molecular formula is C59H57F2N10O13PS. The lowest BCUT2D eigenvalue weighted by Gasteiger charge is -2.38. The summed E-state index contributed by atoms with van der Waals surface area (Å²) in [4.78, 5) is 145. The van der Waals surface area contributed by atoms with E-state index in [-0.39, 0.29) is 77.5 Å². The Bertz CT molecular complexity index is 3750. The number of carbonyl (C=O) groups excluding carboxylic acids is 9. The first-order valence-corrected chi connectivity index (χ1v) is 29.9. The number of alkyl halides is 2. The molecule has 9 amide bonds. The van der Waals surface area contributed by atoms with Crippen LogP contribution in [0, 0.1) is 11.8 Å². The van der Waals surface area contributed by atoms with Crippen LogP contribution in [0.4, 0.5) is 13.6 Å². The van der Waals surface area contributed by atoms with Gasteiger partial charge in [0, 0.05) is 66.1 Å². The normalized spacial score (nSPS) is 19.2. The summed E-state index contributed by atoms with van der Waals surface area (Å²) in [5.41, 5.74) is 3.08. The summed E-state index contributed by atoms with van der Waals surface area (Å²) in [6.07, 6.45) is 3.40. The number of imide groups is 1. The lowest BCUT2D eigenvalue weighted by Crippen LogP contribution is -2.62. The van der Waals surface area contributed by atoms with Crippen LogP contribution in [0.25, 0.3) is 10.1 Å². The van der Waals surface area contributed by atoms with E-state index in [0.29, 0.717) is 47.2 Å². The van der Waals surface area contributed by atoms with Crippen LogP contribution in [0.15, 0.2) is 116 Å². The first kappa shape index (κ1) is 60.0. The van der Waals surface area contributed by atoms with Gasteiger partial charge in [-0.25, -0.2) is 4.79 Å². The number of nitrogens with two attached hydrogens (primary N) is 1. The smallest absolute Gasteiger partial charge is 0.404 e. The van der Waals surface area contributed by atoms with Crippen molar-refractivity contribution >= 4 is 82.4 Å². The molecule has 0 aliphatic carbocycles. The quantitative estimate of drug-likeness (QED) is 0.0288. The molecule has 3 fully saturated rings. The number of unbranched alkanes of at least 4 members (excludes halogenated alkanes) is 1. The number of aryl methyl sites for hydroxylation is 1. The number of ether oxygens (including phenoxy) is 1. The van der Waals surface area contributed by atoms with Gasteiger partial charge in [0.05, 0.1) is 29.2 Å². The van der Waals surface area contributed by atoms with E-state index in [9.17, 15) is 61.5 Å². The fourth-order valence-corrected chi connectivity index (χ4v) is 12.6. The molecule has 5 atom stereocenters. The number of hydrogen-bond donors (Lipinski definition) is 7. The van der Waals surface area contributed by atoms with Crippen LogP contribution in [0.3, 0.4) is 0 Å². The molecule has 2 aromatic heterocycles. The van der Waals surface area contributed by atoms with E-state index < -0.39 is 110 Å². The first-order valence-electron chi connectivity index (χ1n) is 27.5. The average molecular weight is 1220 g/mol. The van der Waals surface area contributed by atoms with Crippen LogP contribution in [0.1, 0.15) is 109 Å². The van der Waals surface area contributed by atoms with Gasteiger partial charge in [-0.05, 0) is 84.5 Å². The molecule has 0 spiro atoms. The van der Waals surface area contributed by atoms with Gasteiger partial charge in [-0.1, -0.05) is 84.6 Å². The zero-order valence-electron chi connectivity index (χ0n) is 45.7. The Balaban J connectivity index is 0.853. The van der Waals surface area contributed by atoms with E-state index in [4.69, 9.17) is 10.5 Å². The Kier molecular flexibility index (Phi) is 17.6. The van der Waals surface area contributed by atoms with E-state index in [1.165, 1.54) is 39.2 Å². The van der Waals surface area contributed by atoms with Crippen molar-refractivity contribution in [3.8, 4) is 11.8 Å². The number of hydrogen-bond acceptors (Lipinski definition) is 13. The molecular weight excluding hydrogens is 1160 g/mol.